The smallest absolute Gasteiger partial charge is 1.00 e. The van der Waals surface area contributed by atoms with Crippen molar-refractivity contribution in [1.29, 1.82) is 0 Å². The van der Waals surface area contributed by atoms with Crippen molar-refractivity contribution in [2.24, 2.45) is 0 Å². The first-order valence-corrected chi connectivity index (χ1v) is 3.47. The molecule has 0 spiro atoms. The average molecular weight is 341 g/mol. The maximum atomic E-state index is 10.1. The fourth-order valence-electron chi connectivity index (χ4n) is 0.666. The molecular weight excluding hydrogens is 330 g/mol. The Morgan fingerprint density at radius 3 is 1.12 bits per heavy atom. The standard InChI is InChI=1S/C6H10O8.K.Zr.H/c7-1(3(9)5(11)12)2(8)4(10)6(13)14;;;/h1-4,7-10H,(H,11,12)(H,13,14);;;/q;+1;;-1. The summed E-state index contributed by atoms with van der Waals surface area (Å²) in [5.41, 5.74) is 0. The second-order valence-electron chi connectivity index (χ2n) is 2.55. The van der Waals surface area contributed by atoms with Crippen LogP contribution in [0.3, 0.4) is 0 Å². The number of carboxylic acid groups (broad SMARTS) is 2. The van der Waals surface area contributed by atoms with Crippen LogP contribution in [-0.4, -0.2) is 67.0 Å². The van der Waals surface area contributed by atoms with E-state index in [4.69, 9.17) is 30.6 Å². The third-order valence-electron chi connectivity index (χ3n) is 1.50. The summed E-state index contributed by atoms with van der Waals surface area (Å²) in [6, 6.07) is 0. The summed E-state index contributed by atoms with van der Waals surface area (Å²) in [6.07, 6.45) is -9.28. The molecule has 10 heteroatoms. The number of hydrogen-bond acceptors (Lipinski definition) is 6. The molecule has 0 aromatic rings. The molecule has 0 fully saturated rings. The summed E-state index contributed by atoms with van der Waals surface area (Å²) in [5.74, 6) is -3.68. The minimum absolute atomic E-state index is 0. The van der Waals surface area contributed by atoms with Gasteiger partial charge in [-0.3, -0.25) is 0 Å². The normalized spacial score (nSPS) is 17.0. The Hall–Kier alpha value is 1.30. The van der Waals surface area contributed by atoms with Gasteiger partial charge in [0.05, 0.1) is 0 Å². The van der Waals surface area contributed by atoms with Gasteiger partial charge >= 0.3 is 63.3 Å². The van der Waals surface area contributed by atoms with Crippen LogP contribution in [0.4, 0.5) is 0 Å². The van der Waals surface area contributed by atoms with Crippen molar-refractivity contribution in [3.05, 3.63) is 0 Å². The Labute approximate surface area is 153 Å². The van der Waals surface area contributed by atoms with Gasteiger partial charge in [-0.05, 0) is 0 Å². The maximum absolute atomic E-state index is 10.1. The summed E-state index contributed by atoms with van der Waals surface area (Å²) in [4.78, 5) is 20.2. The molecule has 0 saturated heterocycles. The molecule has 8 nitrogen and oxygen atoms in total. The van der Waals surface area contributed by atoms with Crippen LogP contribution in [0.5, 0.6) is 0 Å². The van der Waals surface area contributed by atoms with Crippen LogP contribution in [0.15, 0.2) is 0 Å². The molecule has 0 bridgehead atoms. The van der Waals surface area contributed by atoms with Gasteiger partial charge in [0.25, 0.3) is 0 Å². The molecule has 0 heterocycles. The zero-order chi connectivity index (χ0) is 11.5. The van der Waals surface area contributed by atoms with E-state index in [1.165, 1.54) is 0 Å². The fraction of sp³-hybridized carbons (Fsp3) is 0.667. The molecule has 88 valence electrons. The molecule has 0 amide bonds. The van der Waals surface area contributed by atoms with Crippen molar-refractivity contribution >= 4 is 11.9 Å². The molecule has 0 radical (unpaired) electrons. The van der Waals surface area contributed by atoms with Crippen molar-refractivity contribution in [2.45, 2.75) is 24.4 Å². The van der Waals surface area contributed by atoms with E-state index < -0.39 is 36.4 Å². The van der Waals surface area contributed by atoms with Crippen LogP contribution < -0.4 is 51.4 Å². The van der Waals surface area contributed by atoms with Crippen LogP contribution >= 0.6 is 0 Å². The van der Waals surface area contributed by atoms with Gasteiger partial charge in [-0.1, -0.05) is 0 Å². The third kappa shape index (κ3) is 6.90. The molecule has 0 rings (SSSR count). The van der Waals surface area contributed by atoms with Gasteiger partial charge in [0.2, 0.25) is 0 Å². The minimum Gasteiger partial charge on any atom is -1.00 e. The van der Waals surface area contributed by atoms with Gasteiger partial charge in [-0.25, -0.2) is 9.59 Å². The molecule has 0 aromatic carbocycles. The van der Waals surface area contributed by atoms with Gasteiger partial charge in [-0.15, -0.1) is 0 Å². The number of hydrogen-bond donors (Lipinski definition) is 6. The number of aliphatic hydroxyl groups is 4. The second kappa shape index (κ2) is 10.2. The van der Waals surface area contributed by atoms with E-state index in [0.717, 1.165) is 0 Å². The van der Waals surface area contributed by atoms with Gasteiger partial charge < -0.3 is 32.1 Å². The van der Waals surface area contributed by atoms with E-state index in [-0.39, 0.29) is 79.0 Å². The minimum atomic E-state index is -2.36. The zero-order valence-electron chi connectivity index (χ0n) is 9.31. The van der Waals surface area contributed by atoms with Crippen LogP contribution in [0.2, 0.25) is 0 Å². The van der Waals surface area contributed by atoms with Crippen molar-refractivity contribution in [3.63, 3.8) is 0 Å². The molecular formula is C6H11KO8Zr. The number of aliphatic carboxylic acids is 2. The van der Waals surface area contributed by atoms with Gasteiger partial charge in [0.1, 0.15) is 12.2 Å². The van der Waals surface area contributed by atoms with E-state index in [9.17, 15) is 9.59 Å². The fourth-order valence-corrected chi connectivity index (χ4v) is 0.666. The van der Waals surface area contributed by atoms with Crippen molar-refractivity contribution in [1.82, 2.24) is 0 Å². The molecule has 0 saturated carbocycles. The van der Waals surface area contributed by atoms with Crippen LogP contribution in [0.25, 0.3) is 0 Å². The van der Waals surface area contributed by atoms with E-state index in [1.807, 2.05) is 0 Å². The first-order valence-electron chi connectivity index (χ1n) is 3.47. The van der Waals surface area contributed by atoms with E-state index >= 15 is 0 Å². The summed E-state index contributed by atoms with van der Waals surface area (Å²) < 4.78 is 0. The van der Waals surface area contributed by atoms with Gasteiger partial charge in [0, 0.05) is 26.2 Å². The Balaban J connectivity index is -0.000000282. The van der Waals surface area contributed by atoms with Crippen molar-refractivity contribution in [3.8, 4) is 0 Å². The Bertz CT molecular complexity index is 218. The molecule has 0 aromatic heterocycles. The monoisotopic (exact) mass is 340 g/mol. The summed E-state index contributed by atoms with van der Waals surface area (Å²) in [6.45, 7) is 0. The Morgan fingerprint density at radius 1 is 0.812 bits per heavy atom. The SMILES string of the molecule is O=C(O)C(O)C(O)C(O)C(O)C(=O)O.[H-].[K+].[Zr]. The van der Waals surface area contributed by atoms with E-state index in [0.29, 0.717) is 0 Å². The van der Waals surface area contributed by atoms with Crippen LogP contribution in [0, 0.1) is 0 Å². The topological polar surface area (TPSA) is 156 Å². The summed E-state index contributed by atoms with van der Waals surface area (Å²) >= 11 is 0. The van der Waals surface area contributed by atoms with E-state index in [1.54, 1.807) is 0 Å². The Kier molecular flexibility index (Phi) is 14.4. The average Bonchev–Trinajstić information content (AvgIpc) is 2.12. The largest absolute Gasteiger partial charge is 1.00 e. The number of aliphatic hydroxyl groups excluding tert-OH is 4. The first kappa shape index (κ1) is 22.5. The molecule has 0 aliphatic carbocycles. The molecule has 16 heavy (non-hydrogen) atoms. The van der Waals surface area contributed by atoms with Crippen LogP contribution in [-0.2, 0) is 35.8 Å². The van der Waals surface area contributed by atoms with Gasteiger partial charge in [-0.2, -0.15) is 0 Å². The van der Waals surface area contributed by atoms with Crippen molar-refractivity contribution in [2.75, 3.05) is 0 Å². The quantitative estimate of drug-likeness (QED) is 0.270. The Morgan fingerprint density at radius 2 is 1.00 bits per heavy atom. The van der Waals surface area contributed by atoms with Crippen LogP contribution in [0.1, 0.15) is 1.43 Å². The summed E-state index contributed by atoms with van der Waals surface area (Å²) in [5, 5.41) is 51.5. The first-order chi connectivity index (χ1) is 6.29. The van der Waals surface area contributed by atoms with E-state index in [2.05, 4.69) is 0 Å². The second-order valence-corrected chi connectivity index (χ2v) is 2.55. The number of carbonyl (C=O) groups is 2. The summed E-state index contributed by atoms with van der Waals surface area (Å²) in [7, 11) is 0. The van der Waals surface area contributed by atoms with Gasteiger partial charge in [0.15, 0.2) is 12.2 Å². The predicted molar refractivity (Wildman–Crippen MR) is 40.4 cm³/mol. The third-order valence-corrected chi connectivity index (χ3v) is 1.50. The molecule has 6 N–H and O–H groups in total. The van der Waals surface area contributed by atoms with Crippen molar-refractivity contribution < 1.29 is 119 Å². The molecule has 4 atom stereocenters. The molecule has 0 aliphatic heterocycles. The number of rotatable bonds is 5. The predicted octanol–water partition coefficient (Wildman–Crippen LogP) is -6.29. The molecule has 0 aliphatic rings. The molecule has 4 unspecified atom stereocenters. The zero-order valence-corrected chi connectivity index (χ0v) is 13.9. The number of carboxylic acids is 2. The maximum Gasteiger partial charge on any atom is 1.00 e.